The van der Waals surface area contributed by atoms with Gasteiger partial charge in [0.1, 0.15) is 5.78 Å². The van der Waals surface area contributed by atoms with E-state index in [1.807, 2.05) is 30.3 Å². The van der Waals surface area contributed by atoms with Crippen LogP contribution in [0.5, 0.6) is 11.5 Å². The SMILES string of the molecule is COc1ccc([C@@H]2C(C(C)=O)=C(Nc3ccc(Br)cc3)C[C@@](C)(O)[C@H]2C(C)=O)cc1OC. The monoisotopic (exact) mass is 501 g/mol. The first-order valence-electron chi connectivity index (χ1n) is 10.3. The lowest BCUT2D eigenvalue weighted by atomic mass is 9.64. The number of hydrogen-bond acceptors (Lipinski definition) is 6. The predicted octanol–water partition coefficient (Wildman–Crippen LogP) is 4.87. The van der Waals surface area contributed by atoms with E-state index in [2.05, 4.69) is 21.2 Å². The quantitative estimate of drug-likeness (QED) is 0.563. The third-order valence-electron chi connectivity index (χ3n) is 5.90. The van der Waals surface area contributed by atoms with Crippen molar-refractivity contribution in [3.63, 3.8) is 0 Å². The lowest BCUT2D eigenvalue weighted by molar-refractivity contribution is -0.131. The highest BCUT2D eigenvalue weighted by Crippen LogP contribution is 2.49. The van der Waals surface area contributed by atoms with Crippen molar-refractivity contribution in [2.24, 2.45) is 5.92 Å². The molecule has 0 radical (unpaired) electrons. The van der Waals surface area contributed by atoms with Crippen molar-refractivity contribution in [3.05, 3.63) is 63.8 Å². The molecule has 2 N–H and O–H groups in total. The van der Waals surface area contributed by atoms with Crippen LogP contribution in [0.4, 0.5) is 5.69 Å². The Kier molecular flexibility index (Phi) is 7.10. The molecule has 2 aromatic rings. The molecular formula is C25H28BrNO5. The van der Waals surface area contributed by atoms with Gasteiger partial charge in [0, 0.05) is 33.8 Å². The van der Waals surface area contributed by atoms with Crippen molar-refractivity contribution in [2.75, 3.05) is 19.5 Å². The van der Waals surface area contributed by atoms with Crippen LogP contribution < -0.4 is 14.8 Å². The first-order chi connectivity index (χ1) is 15.1. The third kappa shape index (κ3) is 4.74. The number of ketones is 2. The maximum Gasteiger partial charge on any atom is 0.161 e. The fourth-order valence-corrected chi connectivity index (χ4v) is 4.87. The molecule has 170 valence electrons. The third-order valence-corrected chi connectivity index (χ3v) is 6.43. The molecule has 0 unspecified atom stereocenters. The van der Waals surface area contributed by atoms with Crippen LogP contribution in [0.15, 0.2) is 58.2 Å². The minimum Gasteiger partial charge on any atom is -0.493 e. The second kappa shape index (κ2) is 9.46. The summed E-state index contributed by atoms with van der Waals surface area (Å²) in [6, 6.07) is 12.9. The Hall–Kier alpha value is -2.64. The van der Waals surface area contributed by atoms with Gasteiger partial charge in [0.15, 0.2) is 17.3 Å². The number of carbonyl (C=O) groups excluding carboxylic acids is 2. The van der Waals surface area contributed by atoms with Crippen LogP contribution in [-0.2, 0) is 9.59 Å². The van der Waals surface area contributed by atoms with E-state index in [0.29, 0.717) is 28.3 Å². The Morgan fingerprint density at radius 2 is 1.69 bits per heavy atom. The summed E-state index contributed by atoms with van der Waals surface area (Å²) in [5.74, 6) is -0.758. The second-order valence-electron chi connectivity index (χ2n) is 8.29. The Balaban J connectivity index is 2.23. The molecule has 0 saturated carbocycles. The van der Waals surface area contributed by atoms with Crippen LogP contribution in [0.1, 0.15) is 38.7 Å². The zero-order valence-electron chi connectivity index (χ0n) is 18.9. The fourth-order valence-electron chi connectivity index (χ4n) is 4.60. The fraction of sp³-hybridized carbons (Fsp3) is 0.360. The standard InChI is InChI=1S/C25H28BrNO5/c1-14(28)22-19(27-18-9-7-17(26)8-10-18)13-25(3,30)24(15(2)29)23(22)16-6-11-20(31-4)21(12-16)32-5/h6-12,23-24,27,30H,13H2,1-5H3/t23-,24+,25-/m1/s1. The molecule has 0 amide bonds. The largest absolute Gasteiger partial charge is 0.493 e. The van der Waals surface area contributed by atoms with Crippen molar-refractivity contribution in [3.8, 4) is 11.5 Å². The molecule has 2 aromatic carbocycles. The molecule has 0 saturated heterocycles. The predicted molar refractivity (Wildman–Crippen MR) is 127 cm³/mol. The summed E-state index contributed by atoms with van der Waals surface area (Å²) in [7, 11) is 3.08. The lowest BCUT2D eigenvalue weighted by Gasteiger charge is -2.43. The van der Waals surface area contributed by atoms with E-state index in [4.69, 9.17) is 9.47 Å². The Bertz CT molecular complexity index is 1060. The molecule has 0 spiro atoms. The number of carbonyl (C=O) groups is 2. The Morgan fingerprint density at radius 1 is 1.06 bits per heavy atom. The first kappa shape index (κ1) is 24.0. The number of aliphatic hydroxyl groups is 1. The molecular weight excluding hydrogens is 474 g/mol. The van der Waals surface area contributed by atoms with Crippen LogP contribution >= 0.6 is 15.9 Å². The highest BCUT2D eigenvalue weighted by atomic mass is 79.9. The van der Waals surface area contributed by atoms with E-state index in [1.54, 1.807) is 26.2 Å². The lowest BCUT2D eigenvalue weighted by Crippen LogP contribution is -2.48. The van der Waals surface area contributed by atoms with E-state index in [-0.39, 0.29) is 18.0 Å². The molecule has 0 aliphatic heterocycles. The highest BCUT2D eigenvalue weighted by molar-refractivity contribution is 9.10. The number of hydrogen-bond donors (Lipinski definition) is 2. The maximum absolute atomic E-state index is 12.9. The zero-order valence-corrected chi connectivity index (χ0v) is 20.4. The number of ether oxygens (including phenoxy) is 2. The van der Waals surface area contributed by atoms with E-state index in [9.17, 15) is 14.7 Å². The van der Waals surface area contributed by atoms with E-state index >= 15 is 0 Å². The van der Waals surface area contributed by atoms with Crippen molar-refractivity contribution in [2.45, 2.75) is 38.7 Å². The van der Waals surface area contributed by atoms with Crippen molar-refractivity contribution < 1.29 is 24.2 Å². The van der Waals surface area contributed by atoms with Crippen LogP contribution in [0, 0.1) is 5.92 Å². The van der Waals surface area contributed by atoms with Crippen LogP contribution in [-0.4, -0.2) is 36.5 Å². The average molecular weight is 502 g/mol. The molecule has 0 aromatic heterocycles. The van der Waals surface area contributed by atoms with Gasteiger partial charge < -0.3 is 19.9 Å². The van der Waals surface area contributed by atoms with Gasteiger partial charge in [0.25, 0.3) is 0 Å². The molecule has 3 atom stereocenters. The van der Waals surface area contributed by atoms with Gasteiger partial charge in [-0.2, -0.15) is 0 Å². The highest BCUT2D eigenvalue weighted by Gasteiger charge is 2.49. The second-order valence-corrected chi connectivity index (χ2v) is 9.21. The molecule has 0 fully saturated rings. The number of anilines is 1. The average Bonchev–Trinajstić information content (AvgIpc) is 2.73. The summed E-state index contributed by atoms with van der Waals surface area (Å²) in [6.07, 6.45) is 0.145. The summed E-state index contributed by atoms with van der Waals surface area (Å²) in [6.45, 7) is 4.59. The number of halogens is 1. The summed E-state index contributed by atoms with van der Waals surface area (Å²) in [5.41, 5.74) is 1.20. The van der Waals surface area contributed by atoms with Gasteiger partial charge in [-0.3, -0.25) is 9.59 Å². The normalized spacial score (nSPS) is 23.0. The van der Waals surface area contributed by atoms with Gasteiger partial charge >= 0.3 is 0 Å². The van der Waals surface area contributed by atoms with Crippen molar-refractivity contribution >= 4 is 33.2 Å². The topological polar surface area (TPSA) is 84.9 Å². The molecule has 7 heteroatoms. The van der Waals surface area contributed by atoms with Crippen molar-refractivity contribution in [1.29, 1.82) is 0 Å². The number of rotatable bonds is 7. The van der Waals surface area contributed by atoms with E-state index in [1.165, 1.54) is 21.0 Å². The van der Waals surface area contributed by atoms with Crippen LogP contribution in [0.2, 0.25) is 0 Å². The molecule has 1 aliphatic carbocycles. The summed E-state index contributed by atoms with van der Waals surface area (Å²) < 4.78 is 11.7. The maximum atomic E-state index is 12.9. The Morgan fingerprint density at radius 3 is 2.22 bits per heavy atom. The Labute approximate surface area is 196 Å². The van der Waals surface area contributed by atoms with Gasteiger partial charge in [-0.05, 0) is 62.7 Å². The van der Waals surface area contributed by atoms with Crippen LogP contribution in [0.3, 0.4) is 0 Å². The van der Waals surface area contributed by atoms with Crippen molar-refractivity contribution in [1.82, 2.24) is 0 Å². The minimum absolute atomic E-state index is 0.145. The molecule has 0 bridgehead atoms. The molecule has 0 heterocycles. The number of Topliss-reactive ketones (excluding diaryl/α,β-unsaturated/α-hetero) is 2. The van der Waals surface area contributed by atoms with Crippen LogP contribution in [0.25, 0.3) is 0 Å². The van der Waals surface area contributed by atoms with Gasteiger partial charge in [-0.1, -0.05) is 22.0 Å². The molecule has 1 aliphatic rings. The van der Waals surface area contributed by atoms with Gasteiger partial charge in [0.2, 0.25) is 0 Å². The van der Waals surface area contributed by atoms with Gasteiger partial charge in [-0.25, -0.2) is 0 Å². The summed E-state index contributed by atoms with van der Waals surface area (Å²) in [4.78, 5) is 25.7. The zero-order chi connectivity index (χ0) is 23.6. The van der Waals surface area contributed by atoms with Gasteiger partial charge in [0.05, 0.1) is 25.7 Å². The molecule has 6 nitrogen and oxygen atoms in total. The number of methoxy groups -OCH3 is 2. The smallest absolute Gasteiger partial charge is 0.161 e. The number of nitrogens with one attached hydrogen (secondary N) is 1. The number of allylic oxidation sites excluding steroid dienone is 1. The number of benzene rings is 2. The van der Waals surface area contributed by atoms with Gasteiger partial charge in [-0.15, -0.1) is 0 Å². The first-order valence-corrected chi connectivity index (χ1v) is 11.1. The summed E-state index contributed by atoms with van der Waals surface area (Å²) in [5, 5.41) is 14.7. The summed E-state index contributed by atoms with van der Waals surface area (Å²) >= 11 is 3.42. The molecule has 32 heavy (non-hydrogen) atoms. The molecule has 3 rings (SSSR count). The minimum atomic E-state index is -1.36. The van der Waals surface area contributed by atoms with E-state index < -0.39 is 17.4 Å². The van der Waals surface area contributed by atoms with E-state index in [0.717, 1.165) is 10.2 Å².